The molecule has 21 heavy (non-hydrogen) atoms. The number of nitrogens with zero attached hydrogens (tertiary/aromatic N) is 2. The lowest BCUT2D eigenvalue weighted by molar-refractivity contribution is -0.384. The number of non-ortho nitro benzene ring substituents is 1. The van der Waals surface area contributed by atoms with Gasteiger partial charge in [-0.05, 0) is 25.5 Å². The number of rotatable bonds is 4. The summed E-state index contributed by atoms with van der Waals surface area (Å²) in [5.74, 6) is 0.557. The summed E-state index contributed by atoms with van der Waals surface area (Å²) < 4.78 is 13.8. The number of nitro benzene ring substituents is 1. The van der Waals surface area contributed by atoms with Crippen molar-refractivity contribution in [3.05, 3.63) is 28.3 Å². The van der Waals surface area contributed by atoms with E-state index in [0.717, 1.165) is 17.7 Å². The summed E-state index contributed by atoms with van der Waals surface area (Å²) in [6.45, 7) is 0.980. The minimum Gasteiger partial charge on any atom is -0.313 e. The van der Waals surface area contributed by atoms with Crippen LogP contribution in [0.25, 0.3) is 10.2 Å². The Morgan fingerprint density at radius 1 is 1.48 bits per heavy atom. The Labute approximate surface area is 128 Å². The number of nitrogens with one attached hydrogen (secondary N) is 1. The maximum Gasteiger partial charge on any atom is 0.271 e. The standard InChI is InChI=1S/C13H15N3O3S2/c17-16(18)10-4-5-12-11(7-10)15-13(20-12)21(19)8-9-3-1-2-6-14-9/h4-5,7,9,14H,1-3,6,8H2. The highest BCUT2D eigenvalue weighted by atomic mass is 32.2. The molecule has 1 aromatic carbocycles. The molecule has 0 radical (unpaired) electrons. The highest BCUT2D eigenvalue weighted by Gasteiger charge is 2.19. The van der Waals surface area contributed by atoms with Crippen molar-refractivity contribution in [1.82, 2.24) is 10.3 Å². The Kier molecular flexibility index (Phi) is 4.27. The molecule has 2 unspecified atom stereocenters. The van der Waals surface area contributed by atoms with Crippen LogP contribution in [0, 0.1) is 10.1 Å². The third-order valence-electron chi connectivity index (χ3n) is 3.52. The number of piperidine rings is 1. The van der Waals surface area contributed by atoms with Gasteiger partial charge in [-0.25, -0.2) is 4.98 Å². The molecule has 1 saturated heterocycles. The Balaban J connectivity index is 1.79. The quantitative estimate of drug-likeness (QED) is 0.689. The fraction of sp³-hybridized carbons (Fsp3) is 0.462. The normalized spacial score (nSPS) is 20.5. The van der Waals surface area contributed by atoms with Crippen molar-refractivity contribution >= 4 is 38.0 Å². The summed E-state index contributed by atoms with van der Waals surface area (Å²) in [4.78, 5) is 14.6. The minimum atomic E-state index is -1.16. The molecule has 1 fully saturated rings. The molecule has 3 rings (SSSR count). The van der Waals surface area contributed by atoms with Gasteiger partial charge in [0.25, 0.3) is 5.69 Å². The Morgan fingerprint density at radius 3 is 3.05 bits per heavy atom. The number of nitro groups is 1. The van der Waals surface area contributed by atoms with Gasteiger partial charge in [0.1, 0.15) is 0 Å². The van der Waals surface area contributed by atoms with Gasteiger partial charge in [0.2, 0.25) is 0 Å². The summed E-state index contributed by atoms with van der Waals surface area (Å²) in [7, 11) is -1.16. The Bertz CT molecular complexity index is 695. The lowest BCUT2D eigenvalue weighted by Crippen LogP contribution is -2.38. The first-order valence-corrected chi connectivity index (χ1v) is 8.94. The van der Waals surface area contributed by atoms with E-state index in [-0.39, 0.29) is 11.7 Å². The number of benzene rings is 1. The van der Waals surface area contributed by atoms with Gasteiger partial charge in [-0.3, -0.25) is 14.3 Å². The van der Waals surface area contributed by atoms with Crippen LogP contribution in [0.3, 0.4) is 0 Å². The van der Waals surface area contributed by atoms with Crippen LogP contribution in [-0.2, 0) is 10.8 Å². The molecule has 1 aromatic heterocycles. The van der Waals surface area contributed by atoms with Crippen molar-refractivity contribution < 1.29 is 9.13 Å². The molecular weight excluding hydrogens is 310 g/mol. The van der Waals surface area contributed by atoms with E-state index in [1.165, 1.54) is 36.3 Å². The van der Waals surface area contributed by atoms with Crippen LogP contribution >= 0.6 is 11.3 Å². The first-order chi connectivity index (χ1) is 10.1. The molecule has 6 nitrogen and oxygen atoms in total. The van der Waals surface area contributed by atoms with Gasteiger partial charge in [0.05, 0.1) is 25.9 Å². The smallest absolute Gasteiger partial charge is 0.271 e. The zero-order valence-electron chi connectivity index (χ0n) is 11.3. The summed E-state index contributed by atoms with van der Waals surface area (Å²) in [5.41, 5.74) is 0.563. The second-order valence-corrected chi connectivity index (χ2v) is 7.75. The fourth-order valence-corrected chi connectivity index (χ4v) is 4.94. The SMILES string of the molecule is O=[N+]([O-])c1ccc2sc(S(=O)CC3CCCCN3)nc2c1. The third-order valence-corrected chi connectivity index (χ3v) is 6.35. The van der Waals surface area contributed by atoms with Crippen molar-refractivity contribution in [2.24, 2.45) is 0 Å². The molecule has 8 heteroatoms. The number of hydrogen-bond donors (Lipinski definition) is 1. The zero-order chi connectivity index (χ0) is 14.8. The lowest BCUT2D eigenvalue weighted by atomic mass is 10.1. The molecule has 2 atom stereocenters. The van der Waals surface area contributed by atoms with Gasteiger partial charge in [-0.2, -0.15) is 0 Å². The van der Waals surface area contributed by atoms with Crippen LogP contribution in [0.5, 0.6) is 0 Å². The largest absolute Gasteiger partial charge is 0.313 e. The predicted molar refractivity (Wildman–Crippen MR) is 83.2 cm³/mol. The van der Waals surface area contributed by atoms with Crippen LogP contribution in [0.15, 0.2) is 22.5 Å². The van der Waals surface area contributed by atoms with Gasteiger partial charge in [-0.15, -0.1) is 11.3 Å². The van der Waals surface area contributed by atoms with E-state index in [2.05, 4.69) is 10.3 Å². The summed E-state index contributed by atoms with van der Waals surface area (Å²) in [6.07, 6.45) is 3.39. The topological polar surface area (TPSA) is 85.1 Å². The number of hydrogen-bond acceptors (Lipinski definition) is 6. The zero-order valence-corrected chi connectivity index (χ0v) is 12.9. The van der Waals surface area contributed by atoms with Crippen LogP contribution in [0.2, 0.25) is 0 Å². The molecule has 0 spiro atoms. The van der Waals surface area contributed by atoms with Crippen molar-refractivity contribution in [2.45, 2.75) is 29.6 Å². The molecule has 2 heterocycles. The monoisotopic (exact) mass is 325 g/mol. The molecule has 1 N–H and O–H groups in total. The Morgan fingerprint density at radius 2 is 2.33 bits per heavy atom. The number of thiazole rings is 1. The summed E-state index contributed by atoms with van der Waals surface area (Å²) >= 11 is 1.35. The second-order valence-electron chi connectivity index (χ2n) is 5.05. The van der Waals surface area contributed by atoms with Gasteiger partial charge in [0.15, 0.2) is 4.34 Å². The maximum absolute atomic E-state index is 12.4. The fourth-order valence-electron chi connectivity index (χ4n) is 2.43. The van der Waals surface area contributed by atoms with Crippen molar-refractivity contribution in [2.75, 3.05) is 12.3 Å². The molecule has 0 saturated carbocycles. The third kappa shape index (κ3) is 3.28. The van der Waals surface area contributed by atoms with E-state index in [4.69, 9.17) is 0 Å². The molecule has 0 bridgehead atoms. The van der Waals surface area contributed by atoms with Crippen molar-refractivity contribution in [3.8, 4) is 0 Å². The van der Waals surface area contributed by atoms with E-state index in [1.54, 1.807) is 6.07 Å². The molecule has 1 aliphatic rings. The van der Waals surface area contributed by atoms with E-state index >= 15 is 0 Å². The van der Waals surface area contributed by atoms with Crippen LogP contribution in [0.1, 0.15) is 19.3 Å². The average molecular weight is 325 g/mol. The first kappa shape index (κ1) is 14.6. The van der Waals surface area contributed by atoms with Crippen molar-refractivity contribution in [1.29, 1.82) is 0 Å². The van der Waals surface area contributed by atoms with Crippen molar-refractivity contribution in [3.63, 3.8) is 0 Å². The molecule has 1 aliphatic heterocycles. The predicted octanol–water partition coefficient (Wildman–Crippen LogP) is 2.45. The Hall–Kier alpha value is -1.38. The number of aromatic nitrogens is 1. The van der Waals surface area contributed by atoms with Crippen LogP contribution < -0.4 is 5.32 Å². The van der Waals surface area contributed by atoms with Crippen LogP contribution in [0.4, 0.5) is 5.69 Å². The van der Waals surface area contributed by atoms with E-state index in [1.807, 2.05) is 0 Å². The van der Waals surface area contributed by atoms with E-state index < -0.39 is 15.7 Å². The van der Waals surface area contributed by atoms with E-state index in [9.17, 15) is 14.3 Å². The second kappa shape index (κ2) is 6.17. The van der Waals surface area contributed by atoms with Crippen LogP contribution in [-0.4, -0.2) is 32.5 Å². The first-order valence-electron chi connectivity index (χ1n) is 6.80. The van der Waals surface area contributed by atoms with Gasteiger partial charge < -0.3 is 5.32 Å². The van der Waals surface area contributed by atoms with E-state index in [0.29, 0.717) is 15.6 Å². The highest BCUT2D eigenvalue weighted by Crippen LogP contribution is 2.28. The highest BCUT2D eigenvalue weighted by molar-refractivity contribution is 7.87. The summed E-state index contributed by atoms with van der Waals surface area (Å²) in [6, 6.07) is 4.84. The summed E-state index contributed by atoms with van der Waals surface area (Å²) in [5, 5.41) is 14.1. The molecule has 0 amide bonds. The maximum atomic E-state index is 12.4. The molecular formula is C13H15N3O3S2. The number of fused-ring (bicyclic) bond motifs is 1. The average Bonchev–Trinajstić information content (AvgIpc) is 2.91. The van der Waals surface area contributed by atoms with Gasteiger partial charge >= 0.3 is 0 Å². The van der Waals surface area contributed by atoms with Gasteiger partial charge in [-0.1, -0.05) is 6.42 Å². The lowest BCUT2D eigenvalue weighted by Gasteiger charge is -2.22. The molecule has 2 aromatic rings. The molecule has 0 aliphatic carbocycles. The van der Waals surface area contributed by atoms with Gasteiger partial charge in [0, 0.05) is 23.9 Å². The molecule has 112 valence electrons. The minimum absolute atomic E-state index is 0.0130.